The summed E-state index contributed by atoms with van der Waals surface area (Å²) in [7, 11) is 2.32. The first-order valence-corrected chi connectivity index (χ1v) is 11.7. The van der Waals surface area contributed by atoms with Crippen LogP contribution in [-0.4, -0.2) is 57.8 Å². The molecule has 0 aromatic heterocycles. The van der Waals surface area contributed by atoms with E-state index in [4.69, 9.17) is 10.5 Å². The van der Waals surface area contributed by atoms with E-state index in [2.05, 4.69) is 25.0 Å². The van der Waals surface area contributed by atoms with Gasteiger partial charge in [-0.05, 0) is 25.3 Å². The van der Waals surface area contributed by atoms with Crippen molar-refractivity contribution < 1.29 is 14.3 Å². The molecule has 7 heteroatoms. The first kappa shape index (κ1) is 19.0. The van der Waals surface area contributed by atoms with E-state index in [0.717, 1.165) is 12.5 Å². The smallest absolute Gasteiger partial charge is 0.407 e. The molecule has 3 atom stereocenters. The molecule has 6 nitrogen and oxygen atoms in total. The molecule has 0 unspecified atom stereocenters. The van der Waals surface area contributed by atoms with Gasteiger partial charge in [0.15, 0.2) is 0 Å². The van der Waals surface area contributed by atoms with E-state index in [9.17, 15) is 9.59 Å². The SMILES string of the molecule is CN(C)C(=O)[C@H]1CC[C@H](NC(=O)OCC[Si](C)(C)C)[C@H](N)C1. The molecule has 1 saturated carbocycles. The summed E-state index contributed by atoms with van der Waals surface area (Å²) in [5.41, 5.74) is 6.12. The van der Waals surface area contributed by atoms with Crippen LogP contribution in [0.2, 0.25) is 25.7 Å². The Kier molecular flexibility index (Phi) is 6.86. The van der Waals surface area contributed by atoms with Crippen molar-refractivity contribution in [1.29, 1.82) is 0 Å². The van der Waals surface area contributed by atoms with Gasteiger partial charge in [-0.2, -0.15) is 0 Å². The third-order valence-corrected chi connectivity index (χ3v) is 5.78. The minimum atomic E-state index is -1.19. The molecule has 1 aliphatic rings. The van der Waals surface area contributed by atoms with Crippen molar-refractivity contribution in [2.24, 2.45) is 11.7 Å². The Bertz CT molecular complexity index is 396. The molecule has 0 aromatic rings. The van der Waals surface area contributed by atoms with Crippen molar-refractivity contribution in [3.05, 3.63) is 0 Å². The number of amides is 2. The summed E-state index contributed by atoms with van der Waals surface area (Å²) in [5.74, 6) is 0.0811. The predicted molar refractivity (Wildman–Crippen MR) is 90.4 cm³/mol. The number of carbonyl (C=O) groups is 2. The molecule has 0 bridgehead atoms. The largest absolute Gasteiger partial charge is 0.450 e. The van der Waals surface area contributed by atoms with Crippen LogP contribution in [0, 0.1) is 5.92 Å². The van der Waals surface area contributed by atoms with Gasteiger partial charge in [-0.1, -0.05) is 19.6 Å². The number of hydrogen-bond acceptors (Lipinski definition) is 4. The Morgan fingerprint density at radius 2 is 1.91 bits per heavy atom. The van der Waals surface area contributed by atoms with Gasteiger partial charge in [-0.15, -0.1) is 0 Å². The Balaban J connectivity index is 2.36. The fourth-order valence-corrected chi connectivity index (χ4v) is 3.33. The maximum absolute atomic E-state index is 12.0. The molecule has 22 heavy (non-hydrogen) atoms. The molecule has 128 valence electrons. The number of nitrogens with one attached hydrogen (secondary N) is 1. The second-order valence-electron chi connectivity index (χ2n) is 7.60. The molecule has 0 aromatic carbocycles. The number of alkyl carbamates (subject to hydrolysis) is 1. The summed E-state index contributed by atoms with van der Waals surface area (Å²) >= 11 is 0. The van der Waals surface area contributed by atoms with Crippen LogP contribution in [-0.2, 0) is 9.53 Å². The standard InChI is InChI=1S/C15H31N3O3Si/c1-18(2)14(19)11-6-7-13(12(16)10-11)17-15(20)21-8-9-22(3,4)5/h11-13H,6-10,16H2,1-5H3,(H,17,20)/t11-,12+,13-/m0/s1. The molecule has 0 radical (unpaired) electrons. The molecule has 1 aliphatic carbocycles. The Morgan fingerprint density at radius 1 is 1.27 bits per heavy atom. The molecule has 3 N–H and O–H groups in total. The van der Waals surface area contributed by atoms with Gasteiger partial charge in [0.1, 0.15) is 0 Å². The first-order valence-electron chi connectivity index (χ1n) is 8.00. The minimum Gasteiger partial charge on any atom is -0.450 e. The zero-order valence-corrected chi connectivity index (χ0v) is 15.5. The summed E-state index contributed by atoms with van der Waals surface area (Å²) in [5, 5.41) is 2.85. The molecular formula is C15H31N3O3Si. The monoisotopic (exact) mass is 329 g/mol. The Hall–Kier alpha value is -1.08. The third kappa shape index (κ3) is 6.35. The van der Waals surface area contributed by atoms with Crippen molar-refractivity contribution in [2.45, 2.75) is 57.0 Å². The van der Waals surface area contributed by atoms with E-state index in [1.807, 2.05) is 0 Å². The van der Waals surface area contributed by atoms with E-state index in [-0.39, 0.29) is 23.9 Å². The average Bonchev–Trinajstić information content (AvgIpc) is 2.38. The molecule has 0 heterocycles. The van der Waals surface area contributed by atoms with Crippen LogP contribution in [0.15, 0.2) is 0 Å². The zero-order chi connectivity index (χ0) is 16.9. The molecule has 0 spiro atoms. The number of carbonyl (C=O) groups excluding carboxylic acids is 2. The Labute approximate surface area is 134 Å². The zero-order valence-electron chi connectivity index (χ0n) is 14.5. The summed E-state index contributed by atoms with van der Waals surface area (Å²) in [6.45, 7) is 7.19. The molecule has 1 rings (SSSR count). The van der Waals surface area contributed by atoms with Crippen molar-refractivity contribution in [1.82, 2.24) is 10.2 Å². The molecule has 0 aliphatic heterocycles. The summed E-state index contributed by atoms with van der Waals surface area (Å²) < 4.78 is 5.24. The molecule has 0 saturated heterocycles. The molecular weight excluding hydrogens is 298 g/mol. The Morgan fingerprint density at radius 3 is 2.41 bits per heavy atom. The second-order valence-corrected chi connectivity index (χ2v) is 13.2. The van der Waals surface area contributed by atoms with Gasteiger partial charge in [-0.3, -0.25) is 4.79 Å². The van der Waals surface area contributed by atoms with Crippen LogP contribution in [0.3, 0.4) is 0 Å². The lowest BCUT2D eigenvalue weighted by molar-refractivity contribution is -0.134. The highest BCUT2D eigenvalue weighted by atomic mass is 28.3. The predicted octanol–water partition coefficient (Wildman–Crippen LogP) is 1.63. The van der Waals surface area contributed by atoms with Gasteiger partial charge in [0.25, 0.3) is 0 Å². The summed E-state index contributed by atoms with van der Waals surface area (Å²) in [6, 6.07) is 0.647. The minimum absolute atomic E-state index is 0.0361. The van der Waals surface area contributed by atoms with E-state index in [0.29, 0.717) is 19.4 Å². The fraction of sp³-hybridized carbons (Fsp3) is 0.867. The highest BCUT2D eigenvalue weighted by Crippen LogP contribution is 2.25. The topological polar surface area (TPSA) is 84.7 Å². The van der Waals surface area contributed by atoms with E-state index in [1.165, 1.54) is 0 Å². The third-order valence-electron chi connectivity index (χ3n) is 4.08. The van der Waals surface area contributed by atoms with Crippen molar-refractivity contribution in [2.75, 3.05) is 20.7 Å². The van der Waals surface area contributed by atoms with Gasteiger partial charge in [0.2, 0.25) is 5.91 Å². The first-order chi connectivity index (χ1) is 10.1. The van der Waals surface area contributed by atoms with Crippen LogP contribution in [0.4, 0.5) is 4.79 Å². The van der Waals surface area contributed by atoms with Gasteiger partial charge in [-0.25, -0.2) is 4.79 Å². The quantitative estimate of drug-likeness (QED) is 0.751. The summed E-state index contributed by atoms with van der Waals surface area (Å²) in [6.07, 6.45) is 1.69. The molecule has 1 fully saturated rings. The molecule has 2 amide bonds. The van der Waals surface area contributed by atoms with Crippen molar-refractivity contribution >= 4 is 20.1 Å². The van der Waals surface area contributed by atoms with Crippen molar-refractivity contribution in [3.8, 4) is 0 Å². The maximum Gasteiger partial charge on any atom is 0.407 e. The van der Waals surface area contributed by atoms with Crippen LogP contribution >= 0.6 is 0 Å². The highest BCUT2D eigenvalue weighted by Gasteiger charge is 2.33. The van der Waals surface area contributed by atoms with Crippen LogP contribution in [0.1, 0.15) is 19.3 Å². The lowest BCUT2D eigenvalue weighted by Crippen LogP contribution is -2.52. The number of nitrogens with zero attached hydrogens (tertiary/aromatic N) is 1. The average molecular weight is 330 g/mol. The number of rotatable bonds is 5. The summed E-state index contributed by atoms with van der Waals surface area (Å²) in [4.78, 5) is 25.4. The number of hydrogen-bond donors (Lipinski definition) is 2. The lowest BCUT2D eigenvalue weighted by Gasteiger charge is -2.34. The van der Waals surface area contributed by atoms with Gasteiger partial charge < -0.3 is 20.7 Å². The van der Waals surface area contributed by atoms with E-state index in [1.54, 1.807) is 19.0 Å². The van der Waals surface area contributed by atoms with E-state index >= 15 is 0 Å². The van der Waals surface area contributed by atoms with E-state index < -0.39 is 14.2 Å². The van der Waals surface area contributed by atoms with Crippen LogP contribution in [0.5, 0.6) is 0 Å². The fourth-order valence-electron chi connectivity index (χ4n) is 2.62. The second kappa shape index (κ2) is 7.96. The highest BCUT2D eigenvalue weighted by molar-refractivity contribution is 6.76. The maximum atomic E-state index is 12.0. The number of nitrogens with two attached hydrogens (primary N) is 1. The van der Waals surface area contributed by atoms with Crippen molar-refractivity contribution in [3.63, 3.8) is 0 Å². The van der Waals surface area contributed by atoms with Gasteiger partial charge in [0, 0.05) is 40.2 Å². The van der Waals surface area contributed by atoms with Gasteiger partial charge >= 0.3 is 6.09 Å². The number of ether oxygens (including phenoxy) is 1. The van der Waals surface area contributed by atoms with Crippen LogP contribution in [0.25, 0.3) is 0 Å². The van der Waals surface area contributed by atoms with Crippen LogP contribution < -0.4 is 11.1 Å². The lowest BCUT2D eigenvalue weighted by atomic mass is 9.82. The normalized spacial score (nSPS) is 25.5. The van der Waals surface area contributed by atoms with Gasteiger partial charge in [0.05, 0.1) is 6.61 Å².